The second kappa shape index (κ2) is 13.5. The van der Waals surface area contributed by atoms with Gasteiger partial charge in [0.15, 0.2) is 5.82 Å². The molecule has 2 aromatic carbocycles. The van der Waals surface area contributed by atoms with Crippen molar-refractivity contribution in [2.45, 2.75) is 45.1 Å². The van der Waals surface area contributed by atoms with E-state index in [2.05, 4.69) is 25.6 Å². The van der Waals surface area contributed by atoms with E-state index in [4.69, 9.17) is 11.5 Å². The number of rotatable bonds is 9. The van der Waals surface area contributed by atoms with E-state index in [0.29, 0.717) is 24.0 Å². The minimum absolute atomic E-state index is 0. The number of nitrogens with zero attached hydrogens (tertiary/aromatic N) is 5. The summed E-state index contributed by atoms with van der Waals surface area (Å²) >= 11 is 0. The van der Waals surface area contributed by atoms with Crippen molar-refractivity contribution in [1.82, 2.24) is 25.6 Å². The molecular formula is C30H35ClN8O2. The van der Waals surface area contributed by atoms with Gasteiger partial charge in [-0.25, -0.2) is 5.10 Å². The molecule has 10 nitrogen and oxygen atoms in total. The van der Waals surface area contributed by atoms with Crippen molar-refractivity contribution in [3.05, 3.63) is 78.1 Å². The Balaban J connectivity index is 0.00000387. The van der Waals surface area contributed by atoms with Gasteiger partial charge >= 0.3 is 0 Å². The highest BCUT2D eigenvalue weighted by atomic mass is 35.5. The summed E-state index contributed by atoms with van der Waals surface area (Å²) in [6.45, 7) is 2.64. The van der Waals surface area contributed by atoms with Gasteiger partial charge in [0.2, 0.25) is 11.8 Å². The van der Waals surface area contributed by atoms with Gasteiger partial charge in [-0.15, -0.1) is 17.5 Å². The van der Waals surface area contributed by atoms with Crippen LogP contribution >= 0.6 is 12.4 Å². The molecule has 1 atom stereocenters. The molecule has 1 aliphatic rings. The van der Waals surface area contributed by atoms with Crippen molar-refractivity contribution in [3.63, 3.8) is 0 Å². The van der Waals surface area contributed by atoms with Crippen molar-refractivity contribution >= 4 is 29.9 Å². The molecule has 0 bridgehead atoms. The van der Waals surface area contributed by atoms with E-state index < -0.39 is 11.9 Å². The van der Waals surface area contributed by atoms with Crippen LogP contribution in [0.25, 0.3) is 22.5 Å². The number of benzene rings is 2. The highest BCUT2D eigenvalue weighted by molar-refractivity contribution is 6.01. The molecule has 41 heavy (non-hydrogen) atoms. The van der Waals surface area contributed by atoms with Crippen molar-refractivity contribution in [2.75, 3.05) is 11.4 Å². The lowest BCUT2D eigenvalue weighted by Crippen LogP contribution is -2.52. The van der Waals surface area contributed by atoms with E-state index in [-0.39, 0.29) is 30.7 Å². The first-order chi connectivity index (χ1) is 19.4. The monoisotopic (exact) mass is 574 g/mol. The second-order valence-electron chi connectivity index (χ2n) is 10.5. The molecular weight excluding hydrogens is 540 g/mol. The first-order valence-corrected chi connectivity index (χ1v) is 13.6. The number of hydrogen-bond donors (Lipinski definition) is 3. The second-order valence-corrected chi connectivity index (χ2v) is 10.5. The molecule has 0 spiro atoms. The molecule has 1 fully saturated rings. The number of hydrogen-bond acceptors (Lipinski definition) is 7. The van der Waals surface area contributed by atoms with Gasteiger partial charge in [0.05, 0.1) is 0 Å². The maximum atomic E-state index is 14.1. The molecule has 5 N–H and O–H groups in total. The summed E-state index contributed by atoms with van der Waals surface area (Å²) in [5, 5.41) is 14.0. The number of nitrogens with two attached hydrogens (primary N) is 2. The zero-order chi connectivity index (χ0) is 28.1. The summed E-state index contributed by atoms with van der Waals surface area (Å²) < 4.78 is 0. The van der Waals surface area contributed by atoms with Crippen LogP contribution < -0.4 is 16.4 Å². The molecule has 2 heterocycles. The van der Waals surface area contributed by atoms with E-state index in [1.807, 2.05) is 67.7 Å². The Hall–Kier alpha value is -4.15. The molecule has 1 aliphatic carbocycles. The third-order valence-corrected chi connectivity index (χ3v) is 7.86. The number of halogens is 1. The third kappa shape index (κ3) is 6.78. The Morgan fingerprint density at radius 1 is 1.05 bits per heavy atom. The predicted molar refractivity (Wildman–Crippen MR) is 160 cm³/mol. The topological polar surface area (TPSA) is 157 Å². The van der Waals surface area contributed by atoms with Gasteiger partial charge in [-0.3, -0.25) is 19.5 Å². The van der Waals surface area contributed by atoms with E-state index in [1.54, 1.807) is 11.1 Å². The molecule has 4 aromatic rings. The average Bonchev–Trinajstić information content (AvgIpc) is 3.53. The first-order valence-electron chi connectivity index (χ1n) is 13.6. The number of aryl methyl sites for hydroxylation is 1. The summed E-state index contributed by atoms with van der Waals surface area (Å²) in [5.74, 6) is 0.0962. The van der Waals surface area contributed by atoms with Gasteiger partial charge in [0.1, 0.15) is 6.04 Å². The normalized spacial score (nSPS) is 17.3. The molecule has 214 valence electrons. The van der Waals surface area contributed by atoms with Crippen molar-refractivity contribution in [2.24, 2.45) is 23.3 Å². The molecule has 2 amide bonds. The third-order valence-electron chi connectivity index (χ3n) is 7.86. The Labute approximate surface area is 245 Å². The van der Waals surface area contributed by atoms with Crippen molar-refractivity contribution < 1.29 is 9.59 Å². The fraction of sp³-hybridized carbons (Fsp3) is 0.333. The highest BCUT2D eigenvalue weighted by Crippen LogP contribution is 2.33. The number of carbonyl (C=O) groups excluding carboxylic acids is 2. The van der Waals surface area contributed by atoms with Crippen LogP contribution in [0.15, 0.2) is 67.0 Å². The number of aromatic nitrogens is 5. The number of primary amides is 1. The van der Waals surface area contributed by atoms with Gasteiger partial charge in [-0.2, -0.15) is 0 Å². The SMILES string of the molecule is Cc1cnccc1-c1cccc(C[C@@H](C(N)=O)N(c2ccc(-c3nnn[nH]3)cc2)C(=O)[C@H]2CC[C@H](CN)CC2)c1.Cl. The zero-order valence-corrected chi connectivity index (χ0v) is 23.8. The molecule has 0 saturated heterocycles. The number of amides is 2. The van der Waals surface area contributed by atoms with Crippen LogP contribution in [0.3, 0.4) is 0 Å². The Bertz CT molecular complexity index is 1450. The summed E-state index contributed by atoms with van der Waals surface area (Å²) in [5.41, 5.74) is 17.3. The molecule has 0 aliphatic heterocycles. The molecule has 11 heteroatoms. The number of tetrazole rings is 1. The van der Waals surface area contributed by atoms with Gasteiger partial charge in [-0.1, -0.05) is 24.3 Å². The van der Waals surface area contributed by atoms with Crippen molar-refractivity contribution in [3.8, 4) is 22.5 Å². The van der Waals surface area contributed by atoms with Gasteiger partial charge in [0.25, 0.3) is 0 Å². The van der Waals surface area contributed by atoms with Gasteiger partial charge < -0.3 is 11.5 Å². The standard InChI is InChI=1S/C30H34N8O2.ClH/c1-19-18-33-14-13-26(19)24-4-2-3-21(15-24)16-27(28(32)39)38(30(40)23-7-5-20(17-31)6-8-23)25-11-9-22(10-12-25)29-34-36-37-35-29;/h2-4,9-15,18,20,23,27H,5-8,16-17,31H2,1H3,(H2,32,39)(H,34,35,36,37);1H/t20-,23-,27-;/m0./s1. The zero-order valence-electron chi connectivity index (χ0n) is 22.9. The number of carbonyl (C=O) groups is 2. The number of anilines is 1. The van der Waals surface area contributed by atoms with Crippen LogP contribution in [0.2, 0.25) is 0 Å². The molecule has 0 radical (unpaired) electrons. The van der Waals surface area contributed by atoms with Crippen LogP contribution in [0.1, 0.15) is 36.8 Å². The van der Waals surface area contributed by atoms with Crippen LogP contribution in [-0.4, -0.2) is 50.0 Å². The highest BCUT2D eigenvalue weighted by Gasteiger charge is 2.36. The van der Waals surface area contributed by atoms with Gasteiger partial charge in [0, 0.05) is 36.0 Å². The van der Waals surface area contributed by atoms with E-state index in [9.17, 15) is 9.59 Å². The lowest BCUT2D eigenvalue weighted by atomic mass is 9.81. The van der Waals surface area contributed by atoms with E-state index in [0.717, 1.165) is 53.5 Å². The first kappa shape index (κ1) is 29.8. The number of pyridine rings is 1. The summed E-state index contributed by atoms with van der Waals surface area (Å²) in [6, 6.07) is 16.4. The minimum Gasteiger partial charge on any atom is -0.368 e. The lowest BCUT2D eigenvalue weighted by molar-refractivity contribution is -0.127. The summed E-state index contributed by atoms with van der Waals surface area (Å²) in [7, 11) is 0. The van der Waals surface area contributed by atoms with Crippen LogP contribution in [0.4, 0.5) is 5.69 Å². The van der Waals surface area contributed by atoms with E-state index >= 15 is 0 Å². The molecule has 0 unspecified atom stereocenters. The van der Waals surface area contributed by atoms with Gasteiger partial charge in [-0.05, 0) is 108 Å². The molecule has 1 saturated carbocycles. The quantitative estimate of drug-likeness (QED) is 0.274. The maximum Gasteiger partial charge on any atom is 0.240 e. The van der Waals surface area contributed by atoms with E-state index in [1.165, 1.54) is 0 Å². The largest absolute Gasteiger partial charge is 0.368 e. The smallest absolute Gasteiger partial charge is 0.240 e. The fourth-order valence-electron chi connectivity index (χ4n) is 5.57. The van der Waals surface area contributed by atoms with Crippen LogP contribution in [-0.2, 0) is 16.0 Å². The number of aromatic amines is 1. The summed E-state index contributed by atoms with van der Waals surface area (Å²) in [6.07, 6.45) is 7.14. The minimum atomic E-state index is -0.869. The van der Waals surface area contributed by atoms with Crippen LogP contribution in [0.5, 0.6) is 0 Å². The molecule has 5 rings (SSSR count). The Morgan fingerprint density at radius 3 is 2.44 bits per heavy atom. The number of nitrogens with one attached hydrogen (secondary N) is 1. The predicted octanol–water partition coefficient (Wildman–Crippen LogP) is 3.85. The average molecular weight is 575 g/mol. The number of H-pyrrole nitrogens is 1. The maximum absolute atomic E-state index is 14.1. The Morgan fingerprint density at radius 2 is 1.80 bits per heavy atom. The summed E-state index contributed by atoms with van der Waals surface area (Å²) in [4.78, 5) is 32.9. The van der Waals surface area contributed by atoms with Crippen molar-refractivity contribution in [1.29, 1.82) is 0 Å². The Kier molecular flexibility index (Phi) is 9.80. The molecule has 2 aromatic heterocycles. The van der Waals surface area contributed by atoms with Crippen LogP contribution in [0, 0.1) is 18.8 Å². The fourth-order valence-corrected chi connectivity index (χ4v) is 5.57. The lowest BCUT2D eigenvalue weighted by Gasteiger charge is -2.35.